The van der Waals surface area contributed by atoms with E-state index in [1.807, 2.05) is 0 Å². The van der Waals surface area contributed by atoms with Crippen molar-refractivity contribution in [2.75, 3.05) is 11.1 Å². The summed E-state index contributed by atoms with van der Waals surface area (Å²) in [5, 5.41) is 10.7. The minimum absolute atomic E-state index is 0.169. The van der Waals surface area contributed by atoms with E-state index in [-0.39, 0.29) is 36.1 Å². The molecule has 0 fully saturated rings. The third-order valence-electron chi connectivity index (χ3n) is 6.56. The summed E-state index contributed by atoms with van der Waals surface area (Å²) in [4.78, 5) is 35.3. The summed E-state index contributed by atoms with van der Waals surface area (Å²) < 4.78 is 31.5. The van der Waals surface area contributed by atoms with Gasteiger partial charge in [0, 0.05) is 41.2 Å². The number of fused-ring (bicyclic) bond motifs is 2. The first-order chi connectivity index (χ1) is 18.9. The van der Waals surface area contributed by atoms with E-state index in [1.165, 1.54) is 39.0 Å². The van der Waals surface area contributed by atoms with Crippen molar-refractivity contribution in [2.24, 2.45) is 0 Å². The largest absolute Gasteiger partial charge is 0.381 e. The third-order valence-corrected chi connectivity index (χ3v) is 7.70. The number of nitrogens with two attached hydrogens (primary N) is 1. The topological polar surface area (TPSA) is 133 Å². The highest BCUT2D eigenvalue weighted by molar-refractivity contribution is 7.19. The van der Waals surface area contributed by atoms with Crippen LogP contribution >= 0.6 is 11.3 Å². The van der Waals surface area contributed by atoms with E-state index in [0.29, 0.717) is 34.4 Å². The third kappa shape index (κ3) is 4.61. The Bertz CT molecular complexity index is 1780. The van der Waals surface area contributed by atoms with E-state index in [0.717, 1.165) is 10.4 Å². The number of halogens is 2. The first-order valence-electron chi connectivity index (χ1n) is 12.1. The average molecular weight is 549 g/mol. The molecule has 198 valence electrons. The first-order valence-corrected chi connectivity index (χ1v) is 12.9. The monoisotopic (exact) mass is 548 g/mol. The van der Waals surface area contributed by atoms with Gasteiger partial charge in [0.2, 0.25) is 5.91 Å². The summed E-state index contributed by atoms with van der Waals surface area (Å²) in [5.41, 5.74) is 6.48. The Hall–Kier alpha value is -4.65. The molecular weight excluding hydrogens is 526 g/mol. The van der Waals surface area contributed by atoms with Gasteiger partial charge in [0.25, 0.3) is 5.56 Å². The number of benzene rings is 1. The SMILES string of the molecule is Nc1ncc2cc(CNC(=O)[C@@H]3CCc4ncc(NCc5cnn(-c6ccccc6F)c5)c(=O)n43)sc2c1F. The molecular formula is C26H22F2N8O2S. The lowest BCUT2D eigenvalue weighted by atomic mass is 10.2. The van der Waals surface area contributed by atoms with Crippen molar-refractivity contribution in [3.63, 3.8) is 0 Å². The fourth-order valence-electron chi connectivity index (χ4n) is 4.61. The maximum Gasteiger partial charge on any atom is 0.277 e. The summed E-state index contributed by atoms with van der Waals surface area (Å²) in [7, 11) is 0. The predicted molar refractivity (Wildman–Crippen MR) is 143 cm³/mol. The molecule has 1 aliphatic rings. The number of para-hydroxylation sites is 1. The highest BCUT2D eigenvalue weighted by Gasteiger charge is 2.31. The van der Waals surface area contributed by atoms with Crippen molar-refractivity contribution >= 4 is 38.8 Å². The molecule has 1 atom stereocenters. The van der Waals surface area contributed by atoms with Crippen molar-refractivity contribution in [1.29, 1.82) is 0 Å². The molecule has 5 heterocycles. The van der Waals surface area contributed by atoms with Crippen LogP contribution in [-0.4, -0.2) is 30.2 Å². The molecule has 0 radical (unpaired) electrons. The highest BCUT2D eigenvalue weighted by Crippen LogP contribution is 2.30. The van der Waals surface area contributed by atoms with E-state index in [1.54, 1.807) is 36.7 Å². The molecule has 13 heteroatoms. The standard InChI is InChI=1S/C26H22F2N8O2S/c27-17-3-1-2-4-19(17)35-13-14(9-34-35)8-30-18-12-31-21-6-5-20(36(21)26(18)38)25(37)33-11-16-7-15-10-32-24(29)22(28)23(15)39-16/h1-4,7,9-10,12-13,20,30H,5-6,8,11H2,(H2,29,32)(H,33,37)/t20-/m0/s1. The van der Waals surface area contributed by atoms with Crippen LogP contribution in [0.15, 0.2) is 59.9 Å². The van der Waals surface area contributed by atoms with Crippen LogP contribution in [0.1, 0.15) is 28.7 Å². The summed E-state index contributed by atoms with van der Waals surface area (Å²) in [6.45, 7) is 0.429. The van der Waals surface area contributed by atoms with E-state index in [9.17, 15) is 18.4 Å². The Labute approximate surface area is 224 Å². The number of anilines is 2. The van der Waals surface area contributed by atoms with Gasteiger partial charge < -0.3 is 16.4 Å². The van der Waals surface area contributed by atoms with Crippen molar-refractivity contribution in [3.8, 4) is 5.69 Å². The molecule has 1 amide bonds. The van der Waals surface area contributed by atoms with Gasteiger partial charge in [0.1, 0.15) is 29.1 Å². The summed E-state index contributed by atoms with van der Waals surface area (Å²) in [6.07, 6.45) is 7.13. The highest BCUT2D eigenvalue weighted by atomic mass is 32.1. The average Bonchev–Trinajstić information content (AvgIpc) is 3.68. The second-order valence-electron chi connectivity index (χ2n) is 9.09. The number of pyridine rings is 1. The predicted octanol–water partition coefficient (Wildman–Crippen LogP) is 3.31. The van der Waals surface area contributed by atoms with Crippen LogP contribution in [-0.2, 0) is 24.3 Å². The molecule has 0 saturated heterocycles. The summed E-state index contributed by atoms with van der Waals surface area (Å²) in [5.74, 6) is -0.929. The van der Waals surface area contributed by atoms with Gasteiger partial charge in [0.15, 0.2) is 11.6 Å². The smallest absolute Gasteiger partial charge is 0.277 e. The zero-order valence-corrected chi connectivity index (χ0v) is 21.2. The Morgan fingerprint density at radius 3 is 2.85 bits per heavy atom. The van der Waals surface area contributed by atoms with Gasteiger partial charge in [-0.1, -0.05) is 12.1 Å². The number of thiophene rings is 1. The Morgan fingerprint density at radius 2 is 2.00 bits per heavy atom. The van der Waals surface area contributed by atoms with Crippen molar-refractivity contribution in [3.05, 3.63) is 93.4 Å². The van der Waals surface area contributed by atoms with Crippen molar-refractivity contribution in [1.82, 2.24) is 29.6 Å². The number of hydrogen-bond acceptors (Lipinski definition) is 8. The minimum atomic E-state index is -0.714. The van der Waals surface area contributed by atoms with Gasteiger partial charge in [-0.25, -0.2) is 23.4 Å². The second-order valence-corrected chi connectivity index (χ2v) is 10.2. The quantitative estimate of drug-likeness (QED) is 0.284. The van der Waals surface area contributed by atoms with Crippen LogP contribution in [0, 0.1) is 11.6 Å². The fourth-order valence-corrected chi connectivity index (χ4v) is 5.63. The number of nitrogen functional groups attached to an aromatic ring is 1. The van der Waals surface area contributed by atoms with Gasteiger partial charge in [-0.3, -0.25) is 14.2 Å². The molecule has 1 aromatic carbocycles. The van der Waals surface area contributed by atoms with Crippen LogP contribution < -0.4 is 21.9 Å². The molecule has 0 bridgehead atoms. The second kappa shape index (κ2) is 9.91. The molecule has 39 heavy (non-hydrogen) atoms. The van der Waals surface area contributed by atoms with Crippen LogP contribution in [0.3, 0.4) is 0 Å². The van der Waals surface area contributed by atoms with Crippen LogP contribution in [0.2, 0.25) is 0 Å². The molecule has 0 spiro atoms. The van der Waals surface area contributed by atoms with Crippen molar-refractivity contribution < 1.29 is 13.6 Å². The molecule has 0 aliphatic carbocycles. The first kappa shape index (κ1) is 24.7. The Morgan fingerprint density at radius 1 is 1.15 bits per heavy atom. The number of carbonyl (C=O) groups is 1. The van der Waals surface area contributed by atoms with Gasteiger partial charge in [-0.15, -0.1) is 11.3 Å². The number of aryl methyl sites for hydroxylation is 1. The maximum absolute atomic E-state index is 14.2. The van der Waals surface area contributed by atoms with E-state index in [4.69, 9.17) is 5.73 Å². The number of aromatic nitrogens is 5. The molecule has 4 N–H and O–H groups in total. The van der Waals surface area contributed by atoms with E-state index in [2.05, 4.69) is 25.7 Å². The minimum Gasteiger partial charge on any atom is -0.381 e. The van der Waals surface area contributed by atoms with Crippen LogP contribution in [0.4, 0.5) is 20.3 Å². The lowest BCUT2D eigenvalue weighted by Gasteiger charge is -2.15. The molecule has 0 unspecified atom stereocenters. The summed E-state index contributed by atoms with van der Waals surface area (Å²) >= 11 is 1.19. The zero-order chi connectivity index (χ0) is 27.1. The lowest BCUT2D eigenvalue weighted by molar-refractivity contribution is -0.124. The molecule has 0 saturated carbocycles. The normalized spacial score (nSPS) is 14.5. The van der Waals surface area contributed by atoms with E-state index >= 15 is 0 Å². The molecule has 5 aromatic rings. The maximum atomic E-state index is 14.2. The number of nitrogens with zero attached hydrogens (tertiary/aromatic N) is 5. The number of amides is 1. The Kier molecular flexibility index (Phi) is 6.27. The number of hydrogen-bond donors (Lipinski definition) is 3. The van der Waals surface area contributed by atoms with E-state index < -0.39 is 17.7 Å². The molecule has 4 aromatic heterocycles. The number of carbonyl (C=O) groups excluding carboxylic acids is 1. The van der Waals surface area contributed by atoms with Crippen LogP contribution in [0.25, 0.3) is 15.8 Å². The van der Waals surface area contributed by atoms with Gasteiger partial charge in [0.05, 0.1) is 23.6 Å². The van der Waals surface area contributed by atoms with Gasteiger partial charge >= 0.3 is 0 Å². The van der Waals surface area contributed by atoms with Crippen LogP contribution in [0.5, 0.6) is 0 Å². The Balaban J connectivity index is 1.14. The number of rotatable bonds is 7. The summed E-state index contributed by atoms with van der Waals surface area (Å²) in [6, 6.07) is 7.34. The molecule has 6 rings (SSSR count). The van der Waals surface area contributed by atoms with Crippen molar-refractivity contribution in [2.45, 2.75) is 32.0 Å². The zero-order valence-electron chi connectivity index (χ0n) is 20.4. The molecule has 1 aliphatic heterocycles. The van der Waals surface area contributed by atoms with Gasteiger partial charge in [-0.05, 0) is 24.6 Å². The fraction of sp³-hybridized carbons (Fsp3) is 0.192. The number of nitrogens with one attached hydrogen (secondary N) is 2. The lowest BCUT2D eigenvalue weighted by Crippen LogP contribution is -2.36. The molecule has 10 nitrogen and oxygen atoms in total. The van der Waals surface area contributed by atoms with Gasteiger partial charge in [-0.2, -0.15) is 5.10 Å².